The molecule has 0 radical (unpaired) electrons. The van der Waals surface area contributed by atoms with Gasteiger partial charge in [-0.2, -0.15) is 0 Å². The zero-order valence-corrected chi connectivity index (χ0v) is 13.1. The van der Waals surface area contributed by atoms with Crippen molar-refractivity contribution in [2.75, 3.05) is 32.7 Å². The van der Waals surface area contributed by atoms with Gasteiger partial charge in [-0.15, -0.1) is 0 Å². The van der Waals surface area contributed by atoms with Gasteiger partial charge in [-0.05, 0) is 41.4 Å². The molecule has 1 aromatic heterocycles. The quantitative estimate of drug-likeness (QED) is 0.903. The van der Waals surface area contributed by atoms with Crippen molar-refractivity contribution in [2.24, 2.45) is 0 Å². The number of carbonyl (C=O) groups is 1. The molecule has 0 bridgehead atoms. The average molecular weight is 342 g/mol. The van der Waals surface area contributed by atoms with Crippen molar-refractivity contribution in [1.29, 1.82) is 0 Å². The molecule has 2 fully saturated rings. The molecule has 0 aliphatic carbocycles. The molecule has 1 N–H and O–H groups in total. The molecule has 5 nitrogen and oxygen atoms in total. The van der Waals surface area contributed by atoms with Gasteiger partial charge in [0.05, 0.1) is 23.3 Å². The molecule has 3 rings (SSSR count). The molecular weight excluding hydrogens is 322 g/mol. The van der Waals surface area contributed by atoms with Crippen molar-refractivity contribution in [3.05, 3.63) is 22.6 Å². The lowest BCUT2D eigenvalue weighted by molar-refractivity contribution is -0.136. The molecule has 2 saturated heterocycles. The number of carbonyl (C=O) groups excluding carboxylic acids is 1. The summed E-state index contributed by atoms with van der Waals surface area (Å²) in [6.07, 6.45) is 3.73. The highest BCUT2D eigenvalue weighted by Gasteiger charge is 2.34. The Morgan fingerprint density at radius 1 is 1.40 bits per heavy atom. The number of likely N-dealkylation sites (tertiary alicyclic amines) is 1. The molecule has 2 aliphatic heterocycles. The van der Waals surface area contributed by atoms with Crippen molar-refractivity contribution in [3.63, 3.8) is 0 Å². The monoisotopic (exact) mass is 341 g/mol. The summed E-state index contributed by atoms with van der Waals surface area (Å²) in [5.74, 6) is 1.19. The summed E-state index contributed by atoms with van der Waals surface area (Å²) in [4.78, 5) is 16.9. The second kappa shape index (κ2) is 6.28. The zero-order valence-electron chi connectivity index (χ0n) is 11.5. The fourth-order valence-electron chi connectivity index (χ4n) is 3.01. The predicted molar refractivity (Wildman–Crippen MR) is 79.3 cm³/mol. The van der Waals surface area contributed by atoms with Crippen LogP contribution in [-0.4, -0.2) is 54.5 Å². The van der Waals surface area contributed by atoms with E-state index in [1.165, 1.54) is 0 Å². The predicted octanol–water partition coefficient (Wildman–Crippen LogP) is 1.44. The molecule has 1 unspecified atom stereocenters. The van der Waals surface area contributed by atoms with E-state index in [-0.39, 0.29) is 11.9 Å². The molecule has 0 aromatic carbocycles. The van der Waals surface area contributed by atoms with Crippen molar-refractivity contribution in [2.45, 2.75) is 25.4 Å². The highest BCUT2D eigenvalue weighted by atomic mass is 79.9. The smallest absolute Gasteiger partial charge is 0.240 e. The third kappa shape index (κ3) is 2.92. The summed E-state index contributed by atoms with van der Waals surface area (Å²) in [5, 5.41) is 3.29. The fourth-order valence-corrected chi connectivity index (χ4v) is 3.34. The second-order valence-electron chi connectivity index (χ2n) is 5.40. The number of nitrogens with one attached hydrogen (secondary N) is 1. The molecule has 1 aromatic rings. The Morgan fingerprint density at radius 3 is 2.90 bits per heavy atom. The number of piperazine rings is 1. The minimum Gasteiger partial charge on any atom is -0.467 e. The van der Waals surface area contributed by atoms with Gasteiger partial charge < -0.3 is 14.6 Å². The number of furan rings is 1. The topological polar surface area (TPSA) is 48.7 Å². The molecule has 110 valence electrons. The minimum absolute atomic E-state index is 0.0186. The van der Waals surface area contributed by atoms with Crippen LogP contribution in [0.15, 0.2) is 21.2 Å². The Labute approximate surface area is 127 Å². The zero-order chi connectivity index (χ0) is 13.9. The minimum atomic E-state index is 0.0186. The molecule has 20 heavy (non-hydrogen) atoms. The standard InChI is InChI=1S/C14H20BrN3O2/c15-11-3-9-20-13(11)10-18-6-1-2-12(18)14(19)17-7-4-16-5-8-17/h3,9,12,16H,1-2,4-8,10H2. The van der Waals surface area contributed by atoms with Crippen LogP contribution in [0.2, 0.25) is 0 Å². The van der Waals surface area contributed by atoms with Crippen LogP contribution in [0.4, 0.5) is 0 Å². The van der Waals surface area contributed by atoms with E-state index < -0.39 is 0 Å². The normalized spacial score (nSPS) is 24.2. The molecule has 1 amide bonds. The van der Waals surface area contributed by atoms with Crippen LogP contribution in [-0.2, 0) is 11.3 Å². The van der Waals surface area contributed by atoms with Gasteiger partial charge in [0.15, 0.2) is 0 Å². The first kappa shape index (κ1) is 14.1. The average Bonchev–Trinajstić information content (AvgIpc) is 3.09. The molecule has 0 saturated carbocycles. The third-order valence-electron chi connectivity index (χ3n) is 4.12. The molecule has 6 heteroatoms. The lowest BCUT2D eigenvalue weighted by Crippen LogP contribution is -2.52. The lowest BCUT2D eigenvalue weighted by atomic mass is 10.1. The molecule has 0 spiro atoms. The summed E-state index contributed by atoms with van der Waals surface area (Å²) in [6, 6.07) is 1.92. The highest BCUT2D eigenvalue weighted by molar-refractivity contribution is 9.10. The first-order chi connectivity index (χ1) is 9.75. The number of rotatable bonds is 3. The maximum atomic E-state index is 12.6. The van der Waals surface area contributed by atoms with E-state index in [0.717, 1.165) is 55.8 Å². The fraction of sp³-hybridized carbons (Fsp3) is 0.643. The summed E-state index contributed by atoms with van der Waals surface area (Å²) in [7, 11) is 0. The van der Waals surface area contributed by atoms with E-state index in [1.54, 1.807) is 6.26 Å². The molecule has 1 atom stereocenters. The Hall–Kier alpha value is -0.850. The summed E-state index contributed by atoms with van der Waals surface area (Å²) in [5.41, 5.74) is 0. The van der Waals surface area contributed by atoms with Crippen LogP contribution >= 0.6 is 15.9 Å². The Kier molecular flexibility index (Phi) is 4.43. The molecular formula is C14H20BrN3O2. The van der Waals surface area contributed by atoms with Crippen LogP contribution in [0.1, 0.15) is 18.6 Å². The Balaban J connectivity index is 1.65. The van der Waals surface area contributed by atoms with Crippen LogP contribution in [0, 0.1) is 0 Å². The SMILES string of the molecule is O=C(C1CCCN1Cc1occc1Br)N1CCNCC1. The number of hydrogen-bond donors (Lipinski definition) is 1. The van der Waals surface area contributed by atoms with Crippen LogP contribution in [0.25, 0.3) is 0 Å². The number of hydrogen-bond acceptors (Lipinski definition) is 4. The van der Waals surface area contributed by atoms with Crippen LogP contribution in [0.5, 0.6) is 0 Å². The maximum Gasteiger partial charge on any atom is 0.240 e. The van der Waals surface area contributed by atoms with Gasteiger partial charge in [0.1, 0.15) is 5.76 Å². The van der Waals surface area contributed by atoms with E-state index in [2.05, 4.69) is 26.1 Å². The summed E-state index contributed by atoms with van der Waals surface area (Å²) < 4.78 is 6.46. The van der Waals surface area contributed by atoms with Gasteiger partial charge in [0, 0.05) is 26.2 Å². The highest BCUT2D eigenvalue weighted by Crippen LogP contribution is 2.25. The first-order valence-electron chi connectivity index (χ1n) is 7.21. The third-order valence-corrected chi connectivity index (χ3v) is 4.82. The molecule has 2 aliphatic rings. The van der Waals surface area contributed by atoms with Crippen molar-refractivity contribution < 1.29 is 9.21 Å². The van der Waals surface area contributed by atoms with Gasteiger partial charge in [-0.1, -0.05) is 0 Å². The van der Waals surface area contributed by atoms with E-state index in [9.17, 15) is 4.79 Å². The summed E-state index contributed by atoms with van der Waals surface area (Å²) in [6.45, 7) is 5.14. The first-order valence-corrected chi connectivity index (χ1v) is 8.00. The van der Waals surface area contributed by atoms with Crippen molar-refractivity contribution >= 4 is 21.8 Å². The number of nitrogens with zero attached hydrogens (tertiary/aromatic N) is 2. The van der Waals surface area contributed by atoms with Gasteiger partial charge in [0.2, 0.25) is 5.91 Å². The molecule has 3 heterocycles. The largest absolute Gasteiger partial charge is 0.467 e. The van der Waals surface area contributed by atoms with E-state index in [1.807, 2.05) is 11.0 Å². The van der Waals surface area contributed by atoms with Crippen molar-refractivity contribution in [3.8, 4) is 0 Å². The van der Waals surface area contributed by atoms with Crippen LogP contribution < -0.4 is 5.32 Å². The summed E-state index contributed by atoms with van der Waals surface area (Å²) >= 11 is 3.48. The van der Waals surface area contributed by atoms with Gasteiger partial charge in [-0.25, -0.2) is 0 Å². The van der Waals surface area contributed by atoms with E-state index >= 15 is 0 Å². The van der Waals surface area contributed by atoms with Gasteiger partial charge in [-0.3, -0.25) is 9.69 Å². The maximum absolute atomic E-state index is 12.6. The number of halogens is 1. The second-order valence-corrected chi connectivity index (χ2v) is 6.25. The Morgan fingerprint density at radius 2 is 2.20 bits per heavy atom. The lowest BCUT2D eigenvalue weighted by Gasteiger charge is -2.32. The van der Waals surface area contributed by atoms with Crippen LogP contribution in [0.3, 0.4) is 0 Å². The van der Waals surface area contributed by atoms with Gasteiger partial charge in [0.25, 0.3) is 0 Å². The van der Waals surface area contributed by atoms with Gasteiger partial charge >= 0.3 is 0 Å². The number of amides is 1. The van der Waals surface area contributed by atoms with Crippen molar-refractivity contribution in [1.82, 2.24) is 15.1 Å². The Bertz CT molecular complexity index is 471. The van der Waals surface area contributed by atoms with E-state index in [0.29, 0.717) is 6.54 Å². The van der Waals surface area contributed by atoms with E-state index in [4.69, 9.17) is 4.42 Å².